The van der Waals surface area contributed by atoms with Crippen molar-refractivity contribution >= 4 is 11.7 Å². The molecule has 3 aliphatic carbocycles. The maximum absolute atomic E-state index is 12.6. The van der Waals surface area contributed by atoms with Crippen molar-refractivity contribution in [2.45, 2.75) is 77.3 Å². The van der Waals surface area contributed by atoms with Gasteiger partial charge in [-0.1, -0.05) is 20.8 Å². The van der Waals surface area contributed by atoms with Gasteiger partial charge in [0.2, 0.25) is 5.95 Å². The summed E-state index contributed by atoms with van der Waals surface area (Å²) in [6, 6.07) is 1.15. The third kappa shape index (κ3) is 3.39. The number of likely N-dealkylation sites (tertiary alicyclic amines) is 1. The fourth-order valence-electron chi connectivity index (χ4n) is 6.85. The van der Waals surface area contributed by atoms with Gasteiger partial charge in [-0.25, -0.2) is 9.97 Å². The fourth-order valence-corrected chi connectivity index (χ4v) is 6.85. The van der Waals surface area contributed by atoms with Gasteiger partial charge in [-0.05, 0) is 68.4 Å². The van der Waals surface area contributed by atoms with Crippen molar-refractivity contribution in [3.05, 3.63) is 18.0 Å². The van der Waals surface area contributed by atoms with Crippen molar-refractivity contribution in [1.82, 2.24) is 14.9 Å². The number of Topliss-reactive ketones (excluding diaryl/α,β-unsaturated/α-hetero) is 1. The molecule has 0 aromatic carbocycles. The molecule has 3 saturated carbocycles. The van der Waals surface area contributed by atoms with Gasteiger partial charge in [-0.3, -0.25) is 9.69 Å². The van der Waals surface area contributed by atoms with Crippen molar-refractivity contribution in [3.63, 3.8) is 0 Å². The number of anilines is 1. The minimum Gasteiger partial charge on any atom is -0.332 e. The number of nitrogens with zero attached hydrogens (tertiary/aromatic N) is 4. The highest BCUT2D eigenvalue weighted by molar-refractivity contribution is 5.83. The standard InChI is InChI=1S/C24H36N4O/c1-4-27-13-19-7-8-20(14-27)28(19)24-25-11-18(12-26-24)21-9-17-6-5-16(21)10-22(17)23(29)15(2)3/h11-12,15-17,19-22H,4-10,13-14H2,1-3H3/t16?,17?,19?,20?,21-,22+/m0/s1. The molecule has 4 unspecified atom stereocenters. The van der Waals surface area contributed by atoms with Crippen LogP contribution in [0, 0.1) is 23.7 Å². The zero-order chi connectivity index (χ0) is 20.1. The quantitative estimate of drug-likeness (QED) is 0.756. The Morgan fingerprint density at radius 3 is 2.24 bits per heavy atom. The number of hydrogen-bond acceptors (Lipinski definition) is 5. The molecule has 0 N–H and O–H groups in total. The summed E-state index contributed by atoms with van der Waals surface area (Å²) in [5.41, 5.74) is 1.30. The first-order valence-electron chi connectivity index (χ1n) is 11.9. The van der Waals surface area contributed by atoms with Crippen molar-refractivity contribution in [2.75, 3.05) is 24.5 Å². The average molecular weight is 397 g/mol. The number of likely N-dealkylation sites (N-methyl/N-ethyl adjacent to an activating group) is 1. The molecular formula is C24H36N4O. The summed E-state index contributed by atoms with van der Waals surface area (Å²) in [6.45, 7) is 9.82. The van der Waals surface area contributed by atoms with Crippen molar-refractivity contribution in [1.29, 1.82) is 0 Å². The van der Waals surface area contributed by atoms with Gasteiger partial charge in [-0.15, -0.1) is 0 Å². The Hall–Kier alpha value is -1.49. The van der Waals surface area contributed by atoms with Crippen LogP contribution in [0.25, 0.3) is 0 Å². The van der Waals surface area contributed by atoms with E-state index in [0.717, 1.165) is 38.4 Å². The van der Waals surface area contributed by atoms with Crippen LogP contribution in [0.4, 0.5) is 5.95 Å². The number of carbonyl (C=O) groups is 1. The zero-order valence-electron chi connectivity index (χ0n) is 18.3. The largest absolute Gasteiger partial charge is 0.332 e. The lowest BCUT2D eigenvalue weighted by Crippen LogP contribution is -2.54. The second-order valence-corrected chi connectivity index (χ2v) is 10.3. The third-order valence-electron chi connectivity index (χ3n) is 8.42. The summed E-state index contributed by atoms with van der Waals surface area (Å²) in [5.74, 6) is 3.65. The Morgan fingerprint density at radius 1 is 1.03 bits per heavy atom. The minimum absolute atomic E-state index is 0.170. The van der Waals surface area contributed by atoms with E-state index >= 15 is 0 Å². The van der Waals surface area contributed by atoms with E-state index in [0.29, 0.717) is 41.5 Å². The van der Waals surface area contributed by atoms with Gasteiger partial charge < -0.3 is 4.90 Å². The predicted octanol–water partition coefficient (Wildman–Crippen LogP) is 3.89. The second kappa shape index (κ2) is 7.64. The van der Waals surface area contributed by atoms with Crippen molar-refractivity contribution in [2.24, 2.45) is 23.7 Å². The smallest absolute Gasteiger partial charge is 0.225 e. The molecule has 3 heterocycles. The maximum Gasteiger partial charge on any atom is 0.225 e. The summed E-state index contributed by atoms with van der Waals surface area (Å²) in [5, 5.41) is 0. The van der Waals surface area contributed by atoms with E-state index in [1.165, 1.54) is 31.2 Å². The van der Waals surface area contributed by atoms with Crippen LogP contribution in [0.5, 0.6) is 0 Å². The summed E-state index contributed by atoms with van der Waals surface area (Å²) >= 11 is 0. The summed E-state index contributed by atoms with van der Waals surface area (Å²) in [7, 11) is 0. The lowest BCUT2D eigenvalue weighted by atomic mass is 9.57. The van der Waals surface area contributed by atoms with E-state index in [-0.39, 0.29) is 5.92 Å². The van der Waals surface area contributed by atoms with E-state index < -0.39 is 0 Å². The number of aromatic nitrogens is 2. The molecule has 5 heteroatoms. The van der Waals surface area contributed by atoms with Crippen molar-refractivity contribution < 1.29 is 4.79 Å². The van der Waals surface area contributed by atoms with E-state index in [2.05, 4.69) is 43.0 Å². The molecule has 2 saturated heterocycles. The van der Waals surface area contributed by atoms with Gasteiger partial charge in [-0.2, -0.15) is 0 Å². The molecular weight excluding hydrogens is 360 g/mol. The Labute approximate surface area is 175 Å². The number of ketones is 1. The Bertz CT molecular complexity index is 734. The lowest BCUT2D eigenvalue weighted by molar-refractivity contribution is -0.131. The van der Waals surface area contributed by atoms with Crippen LogP contribution in [0.2, 0.25) is 0 Å². The zero-order valence-corrected chi connectivity index (χ0v) is 18.3. The molecule has 6 atom stereocenters. The molecule has 2 aliphatic heterocycles. The number of fused-ring (bicyclic) bond motifs is 5. The molecule has 158 valence electrons. The molecule has 0 amide bonds. The monoisotopic (exact) mass is 396 g/mol. The highest BCUT2D eigenvalue weighted by Gasteiger charge is 2.45. The van der Waals surface area contributed by atoms with Crippen LogP contribution >= 0.6 is 0 Å². The van der Waals surface area contributed by atoms with E-state index in [1.807, 2.05) is 0 Å². The highest BCUT2D eigenvalue weighted by atomic mass is 16.1. The Balaban J connectivity index is 1.29. The number of piperazine rings is 1. The molecule has 1 aromatic heterocycles. The van der Waals surface area contributed by atoms with Gasteiger partial charge in [0.1, 0.15) is 5.78 Å². The minimum atomic E-state index is 0.170. The highest BCUT2D eigenvalue weighted by Crippen LogP contribution is 2.53. The van der Waals surface area contributed by atoms with Crippen LogP contribution in [0.1, 0.15) is 70.8 Å². The molecule has 29 heavy (non-hydrogen) atoms. The van der Waals surface area contributed by atoms with E-state index in [1.54, 1.807) is 0 Å². The Kier molecular flexibility index (Phi) is 5.13. The first kappa shape index (κ1) is 19.5. The summed E-state index contributed by atoms with van der Waals surface area (Å²) in [4.78, 5) is 27.4. The molecule has 0 spiro atoms. The first-order chi connectivity index (χ1) is 14.0. The van der Waals surface area contributed by atoms with Gasteiger partial charge in [0.15, 0.2) is 0 Å². The van der Waals surface area contributed by atoms with Gasteiger partial charge in [0, 0.05) is 49.4 Å². The number of rotatable bonds is 5. The topological polar surface area (TPSA) is 49.3 Å². The SMILES string of the molecule is CCN1CC2CCC(C1)N2c1ncc([C@H]2CC3CCC2C[C@H]3C(=O)C(C)C)cn1. The summed E-state index contributed by atoms with van der Waals surface area (Å²) in [6.07, 6.45) is 11.5. The number of carbonyl (C=O) groups excluding carboxylic acids is 1. The van der Waals surface area contributed by atoms with Crippen LogP contribution in [0.3, 0.4) is 0 Å². The normalized spacial score (nSPS) is 36.8. The fraction of sp³-hybridized carbons (Fsp3) is 0.792. The van der Waals surface area contributed by atoms with Crippen LogP contribution in [0.15, 0.2) is 12.4 Å². The first-order valence-corrected chi connectivity index (χ1v) is 11.9. The van der Waals surface area contributed by atoms with Crippen LogP contribution < -0.4 is 4.90 Å². The molecule has 1 aromatic rings. The van der Waals surface area contributed by atoms with Crippen molar-refractivity contribution in [3.8, 4) is 0 Å². The second-order valence-electron chi connectivity index (χ2n) is 10.3. The summed E-state index contributed by atoms with van der Waals surface area (Å²) < 4.78 is 0. The van der Waals surface area contributed by atoms with Crippen LogP contribution in [-0.4, -0.2) is 52.4 Å². The van der Waals surface area contributed by atoms with E-state index in [4.69, 9.17) is 9.97 Å². The molecule has 0 radical (unpaired) electrons. The third-order valence-corrected chi connectivity index (χ3v) is 8.42. The molecule has 4 bridgehead atoms. The molecule has 6 rings (SSSR count). The Morgan fingerprint density at radius 2 is 1.69 bits per heavy atom. The van der Waals surface area contributed by atoms with E-state index in [9.17, 15) is 4.79 Å². The maximum atomic E-state index is 12.6. The van der Waals surface area contributed by atoms with Gasteiger partial charge in [0.05, 0.1) is 0 Å². The lowest BCUT2D eigenvalue weighted by Gasteiger charge is -2.47. The molecule has 5 fully saturated rings. The average Bonchev–Trinajstić information content (AvgIpc) is 3.02. The van der Waals surface area contributed by atoms with Crippen LogP contribution in [-0.2, 0) is 4.79 Å². The van der Waals surface area contributed by atoms with Gasteiger partial charge >= 0.3 is 0 Å². The van der Waals surface area contributed by atoms with Gasteiger partial charge in [0.25, 0.3) is 0 Å². The molecule has 5 nitrogen and oxygen atoms in total. The molecule has 5 aliphatic rings. The predicted molar refractivity (Wildman–Crippen MR) is 115 cm³/mol. The number of hydrogen-bond donors (Lipinski definition) is 0.